The third-order valence-corrected chi connectivity index (χ3v) is 3.98. The van der Waals surface area contributed by atoms with E-state index < -0.39 is 0 Å². The summed E-state index contributed by atoms with van der Waals surface area (Å²) < 4.78 is 5.44. The van der Waals surface area contributed by atoms with Crippen LogP contribution in [0, 0.1) is 6.92 Å². The van der Waals surface area contributed by atoms with Gasteiger partial charge in [0.15, 0.2) is 0 Å². The number of nitrogens with zero attached hydrogens (tertiary/aromatic N) is 1. The lowest BCUT2D eigenvalue weighted by Gasteiger charge is -2.10. The third-order valence-electron chi connectivity index (χ3n) is 3.98. The van der Waals surface area contributed by atoms with E-state index in [1.54, 1.807) is 0 Å². The fourth-order valence-corrected chi connectivity index (χ4v) is 2.65. The molecule has 1 aromatic heterocycles. The van der Waals surface area contributed by atoms with E-state index in [9.17, 15) is 4.79 Å². The van der Waals surface area contributed by atoms with Crippen LogP contribution in [0.2, 0.25) is 0 Å². The van der Waals surface area contributed by atoms with Gasteiger partial charge in [-0.15, -0.1) is 0 Å². The first-order valence-electron chi connectivity index (χ1n) is 8.33. The number of carbonyl (C=O) groups is 1. The lowest BCUT2D eigenvalue weighted by molar-refractivity contribution is 0.0502. The maximum Gasteiger partial charge on any atom is 0.338 e. The van der Waals surface area contributed by atoms with Gasteiger partial charge in [-0.1, -0.05) is 55.3 Å². The maximum atomic E-state index is 12.6. The average molecular weight is 319 g/mol. The molecule has 0 spiro atoms. The Morgan fingerprint density at radius 2 is 1.88 bits per heavy atom. The van der Waals surface area contributed by atoms with Gasteiger partial charge in [-0.2, -0.15) is 0 Å². The van der Waals surface area contributed by atoms with Crippen LogP contribution in [0.4, 0.5) is 0 Å². The number of aryl methyl sites for hydroxylation is 1. The zero-order valence-corrected chi connectivity index (χ0v) is 14.1. The molecule has 0 aliphatic rings. The van der Waals surface area contributed by atoms with Crippen molar-refractivity contribution < 1.29 is 9.53 Å². The molecule has 122 valence electrons. The highest BCUT2D eigenvalue weighted by atomic mass is 16.5. The number of benzene rings is 2. The minimum absolute atomic E-state index is 0.279. The van der Waals surface area contributed by atoms with Crippen molar-refractivity contribution >= 4 is 16.9 Å². The molecule has 0 N–H and O–H groups in total. The predicted octanol–water partition coefficient (Wildman–Crippen LogP) is 5.17. The van der Waals surface area contributed by atoms with E-state index in [-0.39, 0.29) is 5.97 Å². The number of pyridine rings is 1. The number of hydrogen-bond acceptors (Lipinski definition) is 3. The Bertz CT molecular complexity index is 856. The third kappa shape index (κ3) is 3.46. The van der Waals surface area contributed by atoms with Crippen LogP contribution in [-0.2, 0) is 4.74 Å². The highest BCUT2D eigenvalue weighted by Crippen LogP contribution is 2.26. The second kappa shape index (κ2) is 7.26. The van der Waals surface area contributed by atoms with Gasteiger partial charge in [0, 0.05) is 10.9 Å². The van der Waals surface area contributed by atoms with Crippen molar-refractivity contribution in [1.29, 1.82) is 0 Å². The number of fused-ring (bicyclic) bond motifs is 1. The summed E-state index contributed by atoms with van der Waals surface area (Å²) in [6.07, 6.45) is 1.87. The Kier molecular flexibility index (Phi) is 4.90. The summed E-state index contributed by atoms with van der Waals surface area (Å²) >= 11 is 0. The molecule has 3 heteroatoms. The van der Waals surface area contributed by atoms with Crippen LogP contribution in [0.25, 0.3) is 22.2 Å². The molecule has 0 amide bonds. The Labute approximate surface area is 142 Å². The van der Waals surface area contributed by atoms with Crippen LogP contribution in [-0.4, -0.2) is 17.6 Å². The van der Waals surface area contributed by atoms with Gasteiger partial charge >= 0.3 is 5.97 Å². The smallest absolute Gasteiger partial charge is 0.338 e. The van der Waals surface area contributed by atoms with E-state index in [1.807, 2.05) is 61.5 Å². The van der Waals surface area contributed by atoms with Crippen molar-refractivity contribution in [2.45, 2.75) is 26.7 Å². The molecule has 1 heterocycles. The Morgan fingerprint density at radius 1 is 1.08 bits per heavy atom. The summed E-state index contributed by atoms with van der Waals surface area (Å²) in [5.41, 5.74) is 4.26. The molecule has 0 aliphatic heterocycles. The van der Waals surface area contributed by atoms with E-state index in [2.05, 4.69) is 6.92 Å². The van der Waals surface area contributed by atoms with Gasteiger partial charge in [0.05, 0.1) is 23.4 Å². The minimum Gasteiger partial charge on any atom is -0.462 e. The normalized spacial score (nSPS) is 10.8. The van der Waals surface area contributed by atoms with Gasteiger partial charge in [-0.3, -0.25) is 0 Å². The lowest BCUT2D eigenvalue weighted by Crippen LogP contribution is -2.08. The van der Waals surface area contributed by atoms with Gasteiger partial charge in [-0.25, -0.2) is 9.78 Å². The first kappa shape index (κ1) is 16.2. The molecule has 0 bridgehead atoms. The summed E-state index contributed by atoms with van der Waals surface area (Å²) in [5.74, 6) is -0.279. The average Bonchev–Trinajstić information content (AvgIpc) is 2.61. The van der Waals surface area contributed by atoms with Crippen LogP contribution in [0.5, 0.6) is 0 Å². The largest absolute Gasteiger partial charge is 0.462 e. The number of unbranched alkanes of at least 4 members (excludes halogenated alkanes) is 1. The Morgan fingerprint density at radius 3 is 2.62 bits per heavy atom. The zero-order valence-electron chi connectivity index (χ0n) is 14.1. The van der Waals surface area contributed by atoms with Crippen LogP contribution in [0.1, 0.15) is 35.7 Å². The van der Waals surface area contributed by atoms with Crippen LogP contribution < -0.4 is 0 Å². The van der Waals surface area contributed by atoms with E-state index in [4.69, 9.17) is 9.72 Å². The van der Waals surface area contributed by atoms with Crippen molar-refractivity contribution in [1.82, 2.24) is 4.98 Å². The van der Waals surface area contributed by atoms with Crippen molar-refractivity contribution in [3.8, 4) is 11.3 Å². The number of ether oxygens (including phenoxy) is 1. The van der Waals surface area contributed by atoms with Crippen LogP contribution in [0.15, 0.2) is 54.6 Å². The molecule has 0 fully saturated rings. The number of hydrogen-bond donors (Lipinski definition) is 0. The SMILES string of the molecule is CCCCOC(=O)c1cc(-c2ccccc2)nc2ccc(C)cc12. The summed E-state index contributed by atoms with van der Waals surface area (Å²) in [4.78, 5) is 17.3. The Balaban J connectivity index is 2.10. The number of rotatable bonds is 5. The monoisotopic (exact) mass is 319 g/mol. The number of esters is 1. The first-order valence-corrected chi connectivity index (χ1v) is 8.33. The van der Waals surface area contributed by atoms with Crippen molar-refractivity contribution in [2.24, 2.45) is 0 Å². The highest BCUT2D eigenvalue weighted by Gasteiger charge is 2.15. The molecular weight excluding hydrogens is 298 g/mol. The molecule has 2 aromatic carbocycles. The molecular formula is C21H21NO2. The van der Waals surface area contributed by atoms with Gasteiger partial charge in [0.1, 0.15) is 0 Å². The molecule has 0 saturated heterocycles. The maximum absolute atomic E-state index is 12.6. The predicted molar refractivity (Wildman–Crippen MR) is 97.1 cm³/mol. The lowest BCUT2D eigenvalue weighted by atomic mass is 10.0. The first-order chi connectivity index (χ1) is 11.7. The molecule has 0 unspecified atom stereocenters. The van der Waals surface area contributed by atoms with Crippen molar-refractivity contribution in [2.75, 3.05) is 6.61 Å². The fraction of sp³-hybridized carbons (Fsp3) is 0.238. The number of carbonyl (C=O) groups excluding carboxylic acids is 1. The molecule has 0 radical (unpaired) electrons. The summed E-state index contributed by atoms with van der Waals surface area (Å²) in [7, 11) is 0. The molecule has 3 nitrogen and oxygen atoms in total. The van der Waals surface area contributed by atoms with Crippen molar-refractivity contribution in [3.63, 3.8) is 0 Å². The fourth-order valence-electron chi connectivity index (χ4n) is 2.65. The Hall–Kier alpha value is -2.68. The zero-order chi connectivity index (χ0) is 16.9. The molecule has 3 aromatic rings. The second-order valence-corrected chi connectivity index (χ2v) is 5.93. The van der Waals surface area contributed by atoms with Crippen LogP contribution in [0.3, 0.4) is 0 Å². The minimum atomic E-state index is -0.279. The summed E-state index contributed by atoms with van der Waals surface area (Å²) in [5, 5.41) is 0.844. The molecule has 0 saturated carbocycles. The quantitative estimate of drug-likeness (QED) is 0.481. The number of aromatic nitrogens is 1. The standard InChI is InChI=1S/C21H21NO2/c1-3-4-12-24-21(23)18-14-20(16-8-6-5-7-9-16)22-19-11-10-15(2)13-17(18)19/h5-11,13-14H,3-4,12H2,1-2H3. The van der Waals surface area contributed by atoms with E-state index >= 15 is 0 Å². The van der Waals surface area contributed by atoms with E-state index in [0.29, 0.717) is 12.2 Å². The van der Waals surface area contributed by atoms with Crippen molar-refractivity contribution in [3.05, 3.63) is 65.7 Å². The van der Waals surface area contributed by atoms with Gasteiger partial charge < -0.3 is 4.74 Å². The van der Waals surface area contributed by atoms with E-state index in [1.165, 1.54) is 0 Å². The van der Waals surface area contributed by atoms with Gasteiger partial charge in [0.2, 0.25) is 0 Å². The van der Waals surface area contributed by atoms with E-state index in [0.717, 1.165) is 40.6 Å². The summed E-state index contributed by atoms with van der Waals surface area (Å²) in [6.45, 7) is 4.54. The molecule has 0 atom stereocenters. The molecule has 0 aliphatic carbocycles. The van der Waals surface area contributed by atoms with Crippen LogP contribution >= 0.6 is 0 Å². The molecule has 24 heavy (non-hydrogen) atoms. The second-order valence-electron chi connectivity index (χ2n) is 5.93. The summed E-state index contributed by atoms with van der Waals surface area (Å²) in [6, 6.07) is 17.7. The highest BCUT2D eigenvalue weighted by molar-refractivity contribution is 6.04. The molecule has 3 rings (SSSR count). The van der Waals surface area contributed by atoms with Gasteiger partial charge in [-0.05, 0) is 31.5 Å². The topological polar surface area (TPSA) is 39.2 Å². The van der Waals surface area contributed by atoms with Gasteiger partial charge in [0.25, 0.3) is 0 Å².